The number of benzene rings is 1. The quantitative estimate of drug-likeness (QED) is 0.779. The van der Waals surface area contributed by atoms with E-state index in [-0.39, 0.29) is 18.2 Å². The summed E-state index contributed by atoms with van der Waals surface area (Å²) >= 11 is 5.79. The summed E-state index contributed by atoms with van der Waals surface area (Å²) < 4.78 is 13.2. The topological polar surface area (TPSA) is 26.0 Å². The van der Waals surface area contributed by atoms with E-state index in [1.807, 2.05) is 0 Å². The molecule has 0 saturated carbocycles. The third kappa shape index (κ3) is 2.83. The molecule has 1 aromatic carbocycles. The van der Waals surface area contributed by atoms with E-state index in [4.69, 9.17) is 17.3 Å². The molecule has 0 atom stereocenters. The Morgan fingerprint density at radius 2 is 1.92 bits per heavy atom. The maximum Gasteiger partial charge on any atom is 0.129 e. The molecule has 0 unspecified atom stereocenters. The SMILES string of the molecule is CC(C)(N)c1c(F)cccc1Cl.Cl. The summed E-state index contributed by atoms with van der Waals surface area (Å²) in [5, 5.41) is 0.377. The van der Waals surface area contributed by atoms with Crippen LogP contribution in [0.1, 0.15) is 19.4 Å². The smallest absolute Gasteiger partial charge is 0.129 e. The number of rotatable bonds is 1. The van der Waals surface area contributed by atoms with Crippen molar-refractivity contribution >= 4 is 24.0 Å². The van der Waals surface area contributed by atoms with Crippen molar-refractivity contribution in [2.75, 3.05) is 0 Å². The predicted octanol–water partition coefficient (Wildman–Crippen LogP) is 3.09. The molecule has 0 aromatic heterocycles. The van der Waals surface area contributed by atoms with E-state index in [9.17, 15) is 4.39 Å². The molecule has 1 rings (SSSR count). The van der Waals surface area contributed by atoms with Gasteiger partial charge in [0.1, 0.15) is 5.82 Å². The zero-order valence-electron chi connectivity index (χ0n) is 7.47. The van der Waals surface area contributed by atoms with Gasteiger partial charge in [0.25, 0.3) is 0 Å². The van der Waals surface area contributed by atoms with Crippen molar-refractivity contribution in [2.45, 2.75) is 19.4 Å². The molecular weight excluding hydrogens is 212 g/mol. The number of nitrogens with two attached hydrogens (primary N) is 1. The average molecular weight is 224 g/mol. The summed E-state index contributed by atoms with van der Waals surface area (Å²) in [4.78, 5) is 0. The van der Waals surface area contributed by atoms with Crippen LogP contribution in [0.4, 0.5) is 4.39 Å². The molecule has 0 aliphatic rings. The summed E-state index contributed by atoms with van der Waals surface area (Å²) in [5.74, 6) is -0.352. The van der Waals surface area contributed by atoms with Gasteiger partial charge in [-0.05, 0) is 26.0 Å². The van der Waals surface area contributed by atoms with E-state index in [2.05, 4.69) is 0 Å². The molecule has 0 heterocycles. The minimum absolute atomic E-state index is 0. The van der Waals surface area contributed by atoms with Gasteiger partial charge in [0, 0.05) is 16.1 Å². The first-order valence-corrected chi connectivity index (χ1v) is 4.04. The van der Waals surface area contributed by atoms with E-state index in [0.29, 0.717) is 10.6 Å². The van der Waals surface area contributed by atoms with Crippen LogP contribution in [-0.4, -0.2) is 0 Å². The lowest BCUT2D eigenvalue weighted by molar-refractivity contribution is 0.502. The minimum Gasteiger partial charge on any atom is -0.322 e. The van der Waals surface area contributed by atoms with Crippen molar-refractivity contribution in [3.8, 4) is 0 Å². The van der Waals surface area contributed by atoms with Crippen LogP contribution >= 0.6 is 24.0 Å². The Morgan fingerprint density at radius 3 is 2.23 bits per heavy atom. The molecule has 74 valence electrons. The Balaban J connectivity index is 0.00000144. The molecule has 1 aromatic rings. The molecule has 0 fully saturated rings. The van der Waals surface area contributed by atoms with Crippen molar-refractivity contribution in [3.63, 3.8) is 0 Å². The standard InChI is InChI=1S/C9H11ClFN.ClH/c1-9(2,12)8-6(10)4-3-5-7(8)11;/h3-5H,12H2,1-2H3;1H. The number of halogens is 3. The molecule has 2 N–H and O–H groups in total. The molecule has 0 saturated heterocycles. The number of hydrogen-bond donors (Lipinski definition) is 1. The highest BCUT2D eigenvalue weighted by atomic mass is 35.5. The molecule has 4 heteroatoms. The lowest BCUT2D eigenvalue weighted by Gasteiger charge is -2.20. The molecule has 0 radical (unpaired) electrons. The van der Waals surface area contributed by atoms with E-state index < -0.39 is 5.54 Å². The van der Waals surface area contributed by atoms with Crippen LogP contribution in [0, 0.1) is 5.82 Å². The largest absolute Gasteiger partial charge is 0.322 e. The molecule has 0 spiro atoms. The second-order valence-electron chi connectivity index (χ2n) is 3.32. The Labute approximate surface area is 88.5 Å². The van der Waals surface area contributed by atoms with Crippen molar-refractivity contribution in [2.24, 2.45) is 5.73 Å². The third-order valence-electron chi connectivity index (χ3n) is 1.61. The lowest BCUT2D eigenvalue weighted by Crippen LogP contribution is -2.30. The first-order valence-electron chi connectivity index (χ1n) is 3.66. The maximum absolute atomic E-state index is 13.2. The maximum atomic E-state index is 13.2. The van der Waals surface area contributed by atoms with Crippen LogP contribution in [0.15, 0.2) is 18.2 Å². The molecule has 13 heavy (non-hydrogen) atoms. The van der Waals surface area contributed by atoms with Crippen LogP contribution < -0.4 is 5.73 Å². The zero-order chi connectivity index (χ0) is 9.35. The average Bonchev–Trinajstić information content (AvgIpc) is 1.82. The number of hydrogen-bond acceptors (Lipinski definition) is 1. The second-order valence-corrected chi connectivity index (χ2v) is 3.73. The van der Waals surface area contributed by atoms with E-state index in [0.717, 1.165) is 0 Å². The van der Waals surface area contributed by atoms with E-state index in [1.165, 1.54) is 6.07 Å². The normalized spacial score (nSPS) is 10.8. The molecule has 1 nitrogen and oxygen atoms in total. The monoisotopic (exact) mass is 223 g/mol. The fourth-order valence-corrected chi connectivity index (χ4v) is 1.52. The highest BCUT2D eigenvalue weighted by molar-refractivity contribution is 6.31. The van der Waals surface area contributed by atoms with Crippen molar-refractivity contribution in [3.05, 3.63) is 34.6 Å². The third-order valence-corrected chi connectivity index (χ3v) is 1.92. The first kappa shape index (κ1) is 12.7. The summed E-state index contributed by atoms with van der Waals surface area (Å²) in [5.41, 5.74) is 5.37. The van der Waals surface area contributed by atoms with Gasteiger partial charge in [0.05, 0.1) is 0 Å². The fourth-order valence-electron chi connectivity index (χ4n) is 1.11. The molecule has 0 amide bonds. The Morgan fingerprint density at radius 1 is 1.38 bits per heavy atom. The molecule has 0 aliphatic carbocycles. The van der Waals surface area contributed by atoms with Crippen molar-refractivity contribution in [1.29, 1.82) is 0 Å². The lowest BCUT2D eigenvalue weighted by atomic mass is 9.95. The summed E-state index contributed by atoms with van der Waals surface area (Å²) in [6.07, 6.45) is 0. The van der Waals surface area contributed by atoms with E-state index in [1.54, 1.807) is 26.0 Å². The van der Waals surface area contributed by atoms with Crippen LogP contribution in [0.3, 0.4) is 0 Å². The second kappa shape index (κ2) is 4.27. The van der Waals surface area contributed by atoms with Gasteiger partial charge >= 0.3 is 0 Å². The Hall–Kier alpha value is -0.310. The van der Waals surface area contributed by atoms with Crippen LogP contribution in [0.5, 0.6) is 0 Å². The van der Waals surface area contributed by atoms with Gasteiger partial charge in [-0.15, -0.1) is 12.4 Å². The van der Waals surface area contributed by atoms with Crippen molar-refractivity contribution in [1.82, 2.24) is 0 Å². The van der Waals surface area contributed by atoms with Gasteiger partial charge in [0.15, 0.2) is 0 Å². The summed E-state index contributed by atoms with van der Waals surface area (Å²) in [6, 6.07) is 4.55. The predicted molar refractivity (Wildman–Crippen MR) is 55.9 cm³/mol. The molecule has 0 bridgehead atoms. The van der Waals surface area contributed by atoms with Gasteiger partial charge < -0.3 is 5.73 Å². The summed E-state index contributed by atoms with van der Waals surface area (Å²) in [6.45, 7) is 3.44. The Bertz CT molecular complexity index is 274. The fraction of sp³-hybridized carbons (Fsp3) is 0.333. The van der Waals surface area contributed by atoms with Crippen LogP contribution in [0.25, 0.3) is 0 Å². The summed E-state index contributed by atoms with van der Waals surface area (Å²) in [7, 11) is 0. The van der Waals surface area contributed by atoms with Crippen LogP contribution in [-0.2, 0) is 5.54 Å². The zero-order valence-corrected chi connectivity index (χ0v) is 9.05. The molecule has 0 aliphatic heterocycles. The van der Waals surface area contributed by atoms with Gasteiger partial charge in [-0.3, -0.25) is 0 Å². The van der Waals surface area contributed by atoms with Gasteiger partial charge in [-0.1, -0.05) is 17.7 Å². The highest BCUT2D eigenvalue weighted by Gasteiger charge is 2.21. The Kier molecular flexibility index (Phi) is 4.17. The first-order chi connectivity index (χ1) is 5.43. The van der Waals surface area contributed by atoms with Crippen LogP contribution in [0.2, 0.25) is 5.02 Å². The highest BCUT2D eigenvalue weighted by Crippen LogP contribution is 2.27. The van der Waals surface area contributed by atoms with E-state index >= 15 is 0 Å². The van der Waals surface area contributed by atoms with Crippen molar-refractivity contribution < 1.29 is 4.39 Å². The van der Waals surface area contributed by atoms with Gasteiger partial charge in [-0.25, -0.2) is 4.39 Å². The van der Waals surface area contributed by atoms with Gasteiger partial charge in [0.2, 0.25) is 0 Å². The molecular formula is C9H12Cl2FN. The van der Waals surface area contributed by atoms with Gasteiger partial charge in [-0.2, -0.15) is 0 Å². The minimum atomic E-state index is -0.734.